The van der Waals surface area contributed by atoms with E-state index in [4.69, 9.17) is 9.47 Å². The van der Waals surface area contributed by atoms with E-state index in [1.165, 1.54) is 0 Å². The molecule has 0 aliphatic carbocycles. The minimum atomic E-state index is -1.33. The van der Waals surface area contributed by atoms with E-state index in [1.807, 2.05) is 42.5 Å². The predicted molar refractivity (Wildman–Crippen MR) is 96.7 cm³/mol. The van der Waals surface area contributed by atoms with Crippen molar-refractivity contribution >= 4 is 17.7 Å². The zero-order valence-corrected chi connectivity index (χ0v) is 14.9. The zero-order chi connectivity index (χ0) is 18.9. The van der Waals surface area contributed by atoms with Gasteiger partial charge in [-0.15, -0.1) is 0 Å². The molecule has 5 nitrogen and oxygen atoms in total. The Morgan fingerprint density at radius 1 is 0.846 bits per heavy atom. The third-order valence-corrected chi connectivity index (χ3v) is 3.86. The molecule has 5 heteroatoms. The summed E-state index contributed by atoms with van der Waals surface area (Å²) in [7, 11) is 0. The lowest BCUT2D eigenvalue weighted by molar-refractivity contribution is -0.159. The molecule has 0 fully saturated rings. The third-order valence-electron chi connectivity index (χ3n) is 3.86. The van der Waals surface area contributed by atoms with Crippen molar-refractivity contribution in [2.75, 3.05) is 13.2 Å². The Morgan fingerprint density at radius 3 is 2.12 bits per heavy atom. The first-order valence-electron chi connectivity index (χ1n) is 8.57. The number of hydrogen-bond acceptors (Lipinski definition) is 5. The monoisotopic (exact) mass is 354 g/mol. The van der Waals surface area contributed by atoms with Gasteiger partial charge in [0.1, 0.15) is 0 Å². The Labute approximate surface area is 152 Å². The fraction of sp³-hybridized carbons (Fsp3) is 0.286. The van der Waals surface area contributed by atoms with E-state index in [2.05, 4.69) is 0 Å². The number of ether oxygens (including phenoxy) is 2. The second-order valence-corrected chi connectivity index (χ2v) is 5.63. The van der Waals surface area contributed by atoms with Gasteiger partial charge >= 0.3 is 11.9 Å². The summed E-state index contributed by atoms with van der Waals surface area (Å²) in [5.74, 6) is -4.01. The highest BCUT2D eigenvalue weighted by Gasteiger charge is 2.36. The molecule has 0 spiro atoms. The van der Waals surface area contributed by atoms with E-state index in [0.29, 0.717) is 12.0 Å². The molecule has 1 unspecified atom stereocenters. The Morgan fingerprint density at radius 2 is 1.46 bits per heavy atom. The van der Waals surface area contributed by atoms with Crippen molar-refractivity contribution in [2.24, 2.45) is 0 Å². The van der Waals surface area contributed by atoms with E-state index in [-0.39, 0.29) is 13.2 Å². The van der Waals surface area contributed by atoms with E-state index < -0.39 is 23.6 Å². The van der Waals surface area contributed by atoms with Gasteiger partial charge in [-0.2, -0.15) is 0 Å². The smallest absolute Gasteiger partial charge is 0.375 e. The van der Waals surface area contributed by atoms with Crippen LogP contribution in [0.2, 0.25) is 0 Å². The Kier molecular flexibility index (Phi) is 7.09. The van der Waals surface area contributed by atoms with Crippen LogP contribution < -0.4 is 0 Å². The Balaban J connectivity index is 2.42. The van der Waals surface area contributed by atoms with Crippen LogP contribution in [0, 0.1) is 0 Å². The van der Waals surface area contributed by atoms with Crippen LogP contribution in [0.4, 0.5) is 0 Å². The lowest BCUT2D eigenvalue weighted by Crippen LogP contribution is -2.32. The molecule has 2 aromatic carbocycles. The first kappa shape index (κ1) is 19.4. The summed E-state index contributed by atoms with van der Waals surface area (Å²) in [6.07, 6.45) is 0.531. The van der Waals surface area contributed by atoms with Crippen molar-refractivity contribution in [3.63, 3.8) is 0 Å². The van der Waals surface area contributed by atoms with Crippen LogP contribution in [0.1, 0.15) is 36.5 Å². The number of Topliss-reactive ketones (excluding diaryl/α,β-unsaturated/α-hetero) is 1. The van der Waals surface area contributed by atoms with Gasteiger partial charge in [-0.25, -0.2) is 4.79 Å². The van der Waals surface area contributed by atoms with Gasteiger partial charge in [-0.3, -0.25) is 9.59 Å². The maximum absolute atomic E-state index is 12.6. The van der Waals surface area contributed by atoms with Crippen LogP contribution in [0.5, 0.6) is 0 Å². The second kappa shape index (κ2) is 9.51. The minimum absolute atomic E-state index is 0.0613. The van der Waals surface area contributed by atoms with Crippen LogP contribution in [-0.2, 0) is 30.3 Å². The molecule has 0 saturated carbocycles. The molecule has 2 aromatic rings. The largest absolute Gasteiger partial charge is 0.465 e. The Hall–Kier alpha value is -2.95. The number of carbonyl (C=O) groups is 3. The highest BCUT2D eigenvalue weighted by atomic mass is 16.5. The molecule has 136 valence electrons. The van der Waals surface area contributed by atoms with Crippen LogP contribution in [0.15, 0.2) is 54.6 Å². The molecule has 0 aliphatic rings. The number of esters is 2. The van der Waals surface area contributed by atoms with Gasteiger partial charge in [0.05, 0.1) is 13.2 Å². The van der Waals surface area contributed by atoms with Crippen molar-refractivity contribution < 1.29 is 23.9 Å². The van der Waals surface area contributed by atoms with Gasteiger partial charge in [-0.1, -0.05) is 54.6 Å². The summed E-state index contributed by atoms with van der Waals surface area (Å²) in [5, 5.41) is 0. The molecular formula is C21H22O5. The first-order chi connectivity index (χ1) is 12.6. The normalized spacial score (nSPS) is 11.5. The lowest BCUT2D eigenvalue weighted by atomic mass is 9.88. The molecule has 0 saturated heterocycles. The van der Waals surface area contributed by atoms with Crippen LogP contribution in [0.25, 0.3) is 0 Å². The predicted octanol–water partition coefficient (Wildman–Crippen LogP) is 3.06. The average Bonchev–Trinajstić information content (AvgIpc) is 2.64. The van der Waals surface area contributed by atoms with Gasteiger partial charge in [-0.05, 0) is 37.0 Å². The number of hydrogen-bond donors (Lipinski definition) is 0. The van der Waals surface area contributed by atoms with Crippen LogP contribution >= 0.6 is 0 Å². The molecule has 0 amide bonds. The molecule has 0 aromatic heterocycles. The highest BCUT2D eigenvalue weighted by molar-refractivity contribution is 6.39. The first-order valence-corrected chi connectivity index (χ1v) is 8.57. The van der Waals surface area contributed by atoms with Crippen LogP contribution in [0.3, 0.4) is 0 Å². The number of benzene rings is 2. The molecular weight excluding hydrogens is 332 g/mol. The Bertz CT molecular complexity index is 767. The maximum Gasteiger partial charge on any atom is 0.375 e. The highest BCUT2D eigenvalue weighted by Crippen LogP contribution is 2.25. The third kappa shape index (κ3) is 4.79. The maximum atomic E-state index is 12.6. The van der Waals surface area contributed by atoms with Gasteiger partial charge in [0, 0.05) is 0 Å². The quantitative estimate of drug-likeness (QED) is 0.414. The lowest BCUT2D eigenvalue weighted by Gasteiger charge is -2.18. The van der Waals surface area contributed by atoms with Crippen molar-refractivity contribution in [1.29, 1.82) is 0 Å². The van der Waals surface area contributed by atoms with Crippen molar-refractivity contribution in [1.82, 2.24) is 0 Å². The van der Waals surface area contributed by atoms with E-state index >= 15 is 0 Å². The number of carbonyl (C=O) groups excluding carboxylic acids is 3. The second-order valence-electron chi connectivity index (χ2n) is 5.63. The number of ketones is 1. The van der Waals surface area contributed by atoms with Gasteiger partial charge in [0.25, 0.3) is 5.78 Å². The van der Waals surface area contributed by atoms with Gasteiger partial charge in [0.15, 0.2) is 5.92 Å². The van der Waals surface area contributed by atoms with Gasteiger partial charge < -0.3 is 9.47 Å². The minimum Gasteiger partial charge on any atom is -0.465 e. The summed E-state index contributed by atoms with van der Waals surface area (Å²) < 4.78 is 9.84. The van der Waals surface area contributed by atoms with E-state index in [0.717, 1.165) is 11.1 Å². The molecule has 1 atom stereocenters. The summed E-state index contributed by atoms with van der Waals surface area (Å²) >= 11 is 0. The summed E-state index contributed by atoms with van der Waals surface area (Å²) in [4.78, 5) is 37.0. The van der Waals surface area contributed by atoms with E-state index in [1.54, 1.807) is 26.0 Å². The van der Waals surface area contributed by atoms with Crippen molar-refractivity contribution in [2.45, 2.75) is 26.2 Å². The van der Waals surface area contributed by atoms with Crippen molar-refractivity contribution in [3.8, 4) is 0 Å². The SMILES string of the molecule is CCOC(=O)C(=O)C(C(=O)OCC)c1ccccc1Cc1ccccc1. The molecule has 26 heavy (non-hydrogen) atoms. The standard InChI is InChI=1S/C21H22O5/c1-3-25-20(23)18(19(22)21(24)26-4-2)17-13-9-8-12-16(17)14-15-10-6-5-7-11-15/h5-13,18H,3-4,14H2,1-2H3. The summed E-state index contributed by atoms with van der Waals surface area (Å²) in [6, 6.07) is 16.8. The molecule has 0 aliphatic heterocycles. The van der Waals surface area contributed by atoms with Crippen LogP contribution in [-0.4, -0.2) is 30.9 Å². The topological polar surface area (TPSA) is 69.7 Å². The fourth-order valence-electron chi connectivity index (χ4n) is 2.71. The average molecular weight is 354 g/mol. The fourth-order valence-corrected chi connectivity index (χ4v) is 2.71. The summed E-state index contributed by atoms with van der Waals surface area (Å²) in [5.41, 5.74) is 2.29. The molecule has 0 heterocycles. The molecule has 0 bridgehead atoms. The molecule has 0 radical (unpaired) electrons. The summed E-state index contributed by atoms with van der Waals surface area (Å²) in [6.45, 7) is 3.44. The number of rotatable bonds is 8. The van der Waals surface area contributed by atoms with E-state index in [9.17, 15) is 14.4 Å². The molecule has 2 rings (SSSR count). The molecule has 0 N–H and O–H groups in total. The van der Waals surface area contributed by atoms with Gasteiger partial charge in [0.2, 0.25) is 0 Å². The van der Waals surface area contributed by atoms with Crippen molar-refractivity contribution in [3.05, 3.63) is 71.3 Å². The zero-order valence-electron chi connectivity index (χ0n) is 14.9.